The zero-order chi connectivity index (χ0) is 16.1. The van der Waals surface area contributed by atoms with Gasteiger partial charge in [0.25, 0.3) is 0 Å². The second-order valence-electron chi connectivity index (χ2n) is 5.55. The summed E-state index contributed by atoms with van der Waals surface area (Å²) in [5.41, 5.74) is -0.997. The molecule has 1 fully saturated rings. The number of aliphatic carboxylic acids is 1. The quantitative estimate of drug-likeness (QED) is 0.698. The molecule has 1 aliphatic rings. The van der Waals surface area contributed by atoms with E-state index in [-0.39, 0.29) is 18.7 Å². The van der Waals surface area contributed by atoms with Crippen LogP contribution in [-0.4, -0.2) is 56.2 Å². The minimum atomic E-state index is -3.70. The van der Waals surface area contributed by atoms with E-state index in [0.717, 1.165) is 23.6 Å². The molecular formula is C13H23NO6S. The zero-order valence-electron chi connectivity index (χ0n) is 12.5. The zero-order valence-corrected chi connectivity index (χ0v) is 13.3. The van der Waals surface area contributed by atoms with Gasteiger partial charge in [-0.25, -0.2) is 12.7 Å². The van der Waals surface area contributed by atoms with E-state index in [4.69, 9.17) is 9.84 Å². The molecule has 21 heavy (non-hydrogen) atoms. The molecule has 0 spiro atoms. The third-order valence-corrected chi connectivity index (χ3v) is 6.05. The smallest absolute Gasteiger partial charge is 0.312 e. The van der Waals surface area contributed by atoms with Crippen LogP contribution in [0.5, 0.6) is 0 Å². The molecule has 0 unspecified atom stereocenters. The highest BCUT2D eigenvalue weighted by molar-refractivity contribution is 7.89. The van der Waals surface area contributed by atoms with Crippen molar-refractivity contribution in [3.05, 3.63) is 0 Å². The Morgan fingerprint density at radius 2 is 1.81 bits per heavy atom. The number of methoxy groups -OCH3 is 1. The summed E-state index contributed by atoms with van der Waals surface area (Å²) >= 11 is 0. The van der Waals surface area contributed by atoms with Crippen LogP contribution in [0, 0.1) is 5.41 Å². The molecule has 0 aromatic carbocycles. The molecule has 1 aliphatic carbocycles. The van der Waals surface area contributed by atoms with Crippen molar-refractivity contribution in [2.45, 2.75) is 38.5 Å². The van der Waals surface area contributed by atoms with Crippen LogP contribution in [0.3, 0.4) is 0 Å². The van der Waals surface area contributed by atoms with Crippen LogP contribution in [0.15, 0.2) is 0 Å². The topological polar surface area (TPSA) is 101 Å². The van der Waals surface area contributed by atoms with E-state index < -0.39 is 27.4 Å². The number of carboxylic acid groups (broad SMARTS) is 1. The van der Waals surface area contributed by atoms with E-state index in [0.29, 0.717) is 12.8 Å². The molecule has 0 atom stereocenters. The number of carbonyl (C=O) groups excluding carboxylic acids is 1. The maximum atomic E-state index is 12.4. The van der Waals surface area contributed by atoms with Crippen LogP contribution < -0.4 is 0 Å². The highest BCUT2D eigenvalue weighted by Crippen LogP contribution is 2.39. The first-order chi connectivity index (χ1) is 9.73. The highest BCUT2D eigenvalue weighted by Gasteiger charge is 2.45. The van der Waals surface area contributed by atoms with Crippen LogP contribution in [0.1, 0.15) is 38.5 Å². The summed E-state index contributed by atoms with van der Waals surface area (Å²) < 4.78 is 30.5. The Kier molecular flexibility index (Phi) is 6.15. The van der Waals surface area contributed by atoms with Gasteiger partial charge < -0.3 is 9.84 Å². The van der Waals surface area contributed by atoms with Gasteiger partial charge >= 0.3 is 11.9 Å². The molecule has 8 heteroatoms. The summed E-state index contributed by atoms with van der Waals surface area (Å²) in [5, 5.41) is 8.63. The van der Waals surface area contributed by atoms with Gasteiger partial charge in [-0.15, -0.1) is 0 Å². The second-order valence-corrected chi connectivity index (χ2v) is 7.63. The molecule has 122 valence electrons. The van der Waals surface area contributed by atoms with E-state index in [1.807, 2.05) is 0 Å². The predicted octanol–water partition coefficient (Wildman–Crippen LogP) is 0.846. The van der Waals surface area contributed by atoms with Crippen molar-refractivity contribution in [2.75, 3.05) is 26.5 Å². The van der Waals surface area contributed by atoms with E-state index in [1.165, 1.54) is 14.2 Å². The van der Waals surface area contributed by atoms with Crippen LogP contribution in [0.2, 0.25) is 0 Å². The average molecular weight is 321 g/mol. The van der Waals surface area contributed by atoms with Crippen molar-refractivity contribution in [2.24, 2.45) is 5.41 Å². The number of esters is 1. The number of rotatable bonds is 7. The van der Waals surface area contributed by atoms with Gasteiger partial charge in [0.15, 0.2) is 0 Å². The summed E-state index contributed by atoms with van der Waals surface area (Å²) in [6.07, 6.45) is 3.29. The Labute approximate surface area is 125 Å². The van der Waals surface area contributed by atoms with Gasteiger partial charge in [0, 0.05) is 13.6 Å². The van der Waals surface area contributed by atoms with Crippen molar-refractivity contribution >= 4 is 22.0 Å². The first-order valence-electron chi connectivity index (χ1n) is 6.98. The Hall–Kier alpha value is -1.15. The number of carbonyl (C=O) groups is 2. The third-order valence-electron chi connectivity index (χ3n) is 4.00. The summed E-state index contributed by atoms with van der Waals surface area (Å²) in [5.74, 6) is -1.86. The molecule has 0 aromatic rings. The van der Waals surface area contributed by atoms with Gasteiger partial charge in [-0.1, -0.05) is 19.3 Å². The summed E-state index contributed by atoms with van der Waals surface area (Å²) in [4.78, 5) is 22.6. The Morgan fingerprint density at radius 1 is 1.24 bits per heavy atom. The normalized spacial score (nSPS) is 18.4. The number of hydrogen-bond donors (Lipinski definition) is 1. The number of hydrogen-bond acceptors (Lipinski definition) is 5. The number of carboxylic acids is 1. The van der Waals surface area contributed by atoms with Gasteiger partial charge in [-0.2, -0.15) is 0 Å². The maximum absolute atomic E-state index is 12.4. The number of ether oxygens (including phenoxy) is 1. The maximum Gasteiger partial charge on any atom is 0.312 e. The number of nitrogens with zero attached hydrogens (tertiary/aromatic N) is 1. The first-order valence-corrected chi connectivity index (χ1v) is 8.59. The highest BCUT2D eigenvalue weighted by atomic mass is 32.2. The van der Waals surface area contributed by atoms with E-state index in [9.17, 15) is 18.0 Å². The van der Waals surface area contributed by atoms with E-state index >= 15 is 0 Å². The molecule has 0 amide bonds. The van der Waals surface area contributed by atoms with Crippen LogP contribution in [-0.2, 0) is 24.3 Å². The Bertz CT molecular complexity index is 481. The summed E-state index contributed by atoms with van der Waals surface area (Å²) in [6, 6.07) is 0. The van der Waals surface area contributed by atoms with Gasteiger partial charge in [-0.3, -0.25) is 9.59 Å². The summed E-state index contributed by atoms with van der Waals surface area (Å²) in [6.45, 7) is -0.102. The molecule has 1 N–H and O–H groups in total. The van der Waals surface area contributed by atoms with Crippen LogP contribution >= 0.6 is 0 Å². The molecule has 0 aliphatic heterocycles. The van der Waals surface area contributed by atoms with Gasteiger partial charge in [0.1, 0.15) is 0 Å². The SMILES string of the molecule is COC(=O)C1(CS(=O)(=O)N(C)CCC(=O)O)CCCCC1. The lowest BCUT2D eigenvalue weighted by atomic mass is 9.75. The minimum absolute atomic E-state index is 0.102. The molecule has 0 radical (unpaired) electrons. The Morgan fingerprint density at radius 3 is 2.29 bits per heavy atom. The van der Waals surface area contributed by atoms with Crippen molar-refractivity contribution in [1.29, 1.82) is 0 Å². The standard InChI is InChI=1S/C13H23NO6S/c1-14(9-6-11(15)16)21(18,19)10-13(12(17)20-2)7-4-3-5-8-13/h3-10H2,1-2H3,(H,15,16). The van der Waals surface area contributed by atoms with Crippen molar-refractivity contribution < 1.29 is 27.9 Å². The number of sulfonamides is 1. The van der Waals surface area contributed by atoms with Gasteiger partial charge in [0.05, 0.1) is 24.7 Å². The lowest BCUT2D eigenvalue weighted by Crippen LogP contribution is -2.44. The van der Waals surface area contributed by atoms with Crippen molar-refractivity contribution in [3.8, 4) is 0 Å². The first kappa shape index (κ1) is 17.9. The predicted molar refractivity (Wildman–Crippen MR) is 76.2 cm³/mol. The molecule has 1 saturated carbocycles. The molecule has 0 bridgehead atoms. The molecular weight excluding hydrogens is 298 g/mol. The fourth-order valence-corrected chi connectivity index (χ4v) is 4.40. The van der Waals surface area contributed by atoms with E-state index in [2.05, 4.69) is 0 Å². The second kappa shape index (κ2) is 7.22. The molecule has 7 nitrogen and oxygen atoms in total. The van der Waals surface area contributed by atoms with Crippen molar-refractivity contribution in [3.63, 3.8) is 0 Å². The molecule has 0 heterocycles. The lowest BCUT2D eigenvalue weighted by Gasteiger charge is -2.35. The molecule has 0 aromatic heterocycles. The molecule has 1 rings (SSSR count). The largest absolute Gasteiger partial charge is 0.481 e. The van der Waals surface area contributed by atoms with Crippen LogP contribution in [0.4, 0.5) is 0 Å². The van der Waals surface area contributed by atoms with Crippen LogP contribution in [0.25, 0.3) is 0 Å². The lowest BCUT2D eigenvalue weighted by molar-refractivity contribution is -0.153. The van der Waals surface area contributed by atoms with E-state index in [1.54, 1.807) is 0 Å². The molecule has 0 saturated heterocycles. The fourth-order valence-electron chi connectivity index (χ4n) is 2.70. The minimum Gasteiger partial charge on any atom is -0.481 e. The Balaban J connectivity index is 2.86. The monoisotopic (exact) mass is 321 g/mol. The fraction of sp³-hybridized carbons (Fsp3) is 0.846. The van der Waals surface area contributed by atoms with Gasteiger partial charge in [-0.05, 0) is 12.8 Å². The van der Waals surface area contributed by atoms with Gasteiger partial charge in [0.2, 0.25) is 10.0 Å². The van der Waals surface area contributed by atoms with Crippen molar-refractivity contribution in [1.82, 2.24) is 4.31 Å². The average Bonchev–Trinajstić information content (AvgIpc) is 2.44. The summed E-state index contributed by atoms with van der Waals surface area (Å²) in [7, 11) is -1.10. The third kappa shape index (κ3) is 4.67.